The van der Waals surface area contributed by atoms with E-state index in [4.69, 9.17) is 4.74 Å². The fraction of sp³-hybridized carbons (Fsp3) is 0.421. The number of nitrogens with zero attached hydrogens (tertiary/aromatic N) is 4. The van der Waals surface area contributed by atoms with Crippen molar-refractivity contribution in [2.45, 2.75) is 38.6 Å². The molecule has 0 aliphatic heterocycles. The van der Waals surface area contributed by atoms with Gasteiger partial charge in [-0.15, -0.1) is 5.10 Å². The summed E-state index contributed by atoms with van der Waals surface area (Å²) in [4.78, 5) is 48.6. The van der Waals surface area contributed by atoms with Gasteiger partial charge in [-0.3, -0.25) is 19.7 Å². The van der Waals surface area contributed by atoms with Crippen molar-refractivity contribution in [2.75, 3.05) is 11.9 Å². The van der Waals surface area contributed by atoms with Crippen LogP contribution in [-0.4, -0.2) is 50.5 Å². The number of ether oxygens (including phenoxy) is 1. The third kappa shape index (κ3) is 5.93. The standard InChI is InChI=1S/C19H22N6O5/c26-16(10-25-12-20-23-24-25)21-15-9-5-4-8-14(15)19(29)30-11-17(27)22-18(28)13-6-2-1-3-7-13/h4-5,8-9,12-13H,1-3,6-7,10-11H2,(H,21,26)(H,22,27,28). The van der Waals surface area contributed by atoms with Crippen molar-refractivity contribution in [3.8, 4) is 0 Å². The van der Waals surface area contributed by atoms with Gasteiger partial charge in [-0.25, -0.2) is 9.48 Å². The lowest BCUT2D eigenvalue weighted by atomic mass is 9.89. The molecule has 11 heteroatoms. The molecule has 11 nitrogen and oxygen atoms in total. The molecule has 1 saturated carbocycles. The Bertz CT molecular complexity index is 908. The summed E-state index contributed by atoms with van der Waals surface area (Å²) in [6.07, 6.45) is 5.84. The number of nitrogens with one attached hydrogen (secondary N) is 2. The number of hydrogen-bond acceptors (Lipinski definition) is 8. The number of carbonyl (C=O) groups is 4. The van der Waals surface area contributed by atoms with E-state index < -0.39 is 24.4 Å². The maximum absolute atomic E-state index is 12.4. The highest BCUT2D eigenvalue weighted by Crippen LogP contribution is 2.23. The molecule has 30 heavy (non-hydrogen) atoms. The second kappa shape index (κ2) is 10.2. The molecule has 3 rings (SSSR count). The van der Waals surface area contributed by atoms with E-state index in [2.05, 4.69) is 26.2 Å². The minimum absolute atomic E-state index is 0.0778. The highest BCUT2D eigenvalue weighted by Gasteiger charge is 2.23. The van der Waals surface area contributed by atoms with Gasteiger partial charge in [-0.2, -0.15) is 0 Å². The minimum Gasteiger partial charge on any atom is -0.452 e. The average Bonchev–Trinajstić information content (AvgIpc) is 3.26. The van der Waals surface area contributed by atoms with E-state index in [1.54, 1.807) is 12.1 Å². The molecule has 2 N–H and O–H groups in total. The van der Waals surface area contributed by atoms with Gasteiger partial charge >= 0.3 is 5.97 Å². The summed E-state index contributed by atoms with van der Waals surface area (Å²) >= 11 is 0. The maximum atomic E-state index is 12.4. The number of imide groups is 1. The zero-order valence-corrected chi connectivity index (χ0v) is 16.2. The van der Waals surface area contributed by atoms with E-state index in [9.17, 15) is 19.2 Å². The van der Waals surface area contributed by atoms with Gasteiger partial charge in [0.2, 0.25) is 11.8 Å². The Labute approximate surface area is 172 Å². The summed E-state index contributed by atoms with van der Waals surface area (Å²) in [5.74, 6) is -2.42. The molecule has 1 fully saturated rings. The van der Waals surface area contributed by atoms with E-state index >= 15 is 0 Å². The largest absolute Gasteiger partial charge is 0.452 e. The Morgan fingerprint density at radius 1 is 1.07 bits per heavy atom. The van der Waals surface area contributed by atoms with E-state index in [0.717, 1.165) is 32.1 Å². The third-order valence-corrected chi connectivity index (χ3v) is 4.69. The van der Waals surface area contributed by atoms with Crippen LogP contribution in [0.4, 0.5) is 5.69 Å². The average molecular weight is 414 g/mol. The minimum atomic E-state index is -0.798. The van der Waals surface area contributed by atoms with E-state index in [1.807, 2.05) is 0 Å². The number of aromatic nitrogens is 4. The SMILES string of the molecule is O=C(COC(=O)c1ccccc1NC(=O)Cn1cnnn1)NC(=O)C1CCCCC1. The van der Waals surface area contributed by atoms with Crippen LogP contribution in [-0.2, 0) is 25.7 Å². The third-order valence-electron chi connectivity index (χ3n) is 4.69. The number of amides is 3. The van der Waals surface area contributed by atoms with Crippen LogP contribution in [0.15, 0.2) is 30.6 Å². The Kier molecular flexibility index (Phi) is 7.19. The molecular formula is C19H22N6O5. The highest BCUT2D eigenvalue weighted by atomic mass is 16.5. The van der Waals surface area contributed by atoms with Crippen LogP contribution in [0.3, 0.4) is 0 Å². The zero-order valence-electron chi connectivity index (χ0n) is 16.2. The van der Waals surface area contributed by atoms with Crippen molar-refractivity contribution in [2.24, 2.45) is 5.92 Å². The topological polar surface area (TPSA) is 145 Å². The van der Waals surface area contributed by atoms with Crippen LogP contribution in [0.5, 0.6) is 0 Å². The van der Waals surface area contributed by atoms with Gasteiger partial charge in [0.1, 0.15) is 12.9 Å². The summed E-state index contributed by atoms with van der Waals surface area (Å²) in [5, 5.41) is 15.3. The Morgan fingerprint density at radius 3 is 2.57 bits per heavy atom. The first kappa shape index (κ1) is 21.1. The lowest BCUT2D eigenvalue weighted by Gasteiger charge is -2.20. The molecule has 1 heterocycles. The number of para-hydroxylation sites is 1. The lowest BCUT2D eigenvalue weighted by molar-refractivity contribution is -0.135. The second-order valence-corrected chi connectivity index (χ2v) is 6.92. The van der Waals surface area contributed by atoms with Crippen LogP contribution >= 0.6 is 0 Å². The molecule has 1 aliphatic rings. The van der Waals surface area contributed by atoms with Gasteiger partial charge in [0.25, 0.3) is 5.91 Å². The number of tetrazole rings is 1. The van der Waals surface area contributed by atoms with Gasteiger partial charge in [-0.05, 0) is 35.4 Å². The van der Waals surface area contributed by atoms with Crippen molar-refractivity contribution in [1.29, 1.82) is 0 Å². The molecule has 0 saturated heterocycles. The molecule has 0 bridgehead atoms. The Hall–Kier alpha value is -3.63. The molecule has 1 aromatic carbocycles. The first-order chi connectivity index (χ1) is 14.5. The number of benzene rings is 1. The fourth-order valence-electron chi connectivity index (χ4n) is 3.21. The number of rotatable bonds is 7. The van der Waals surface area contributed by atoms with Crippen molar-refractivity contribution >= 4 is 29.4 Å². The zero-order chi connectivity index (χ0) is 21.3. The maximum Gasteiger partial charge on any atom is 0.340 e. The molecular weight excluding hydrogens is 392 g/mol. The Morgan fingerprint density at radius 2 is 1.83 bits per heavy atom. The monoisotopic (exact) mass is 414 g/mol. The van der Waals surface area contributed by atoms with Crippen molar-refractivity contribution in [3.63, 3.8) is 0 Å². The number of carbonyl (C=O) groups excluding carboxylic acids is 4. The molecule has 0 unspecified atom stereocenters. The smallest absolute Gasteiger partial charge is 0.340 e. The molecule has 1 aliphatic carbocycles. The second-order valence-electron chi connectivity index (χ2n) is 6.92. The lowest BCUT2D eigenvalue weighted by Crippen LogP contribution is -2.38. The summed E-state index contributed by atoms with van der Waals surface area (Å²) in [6, 6.07) is 6.22. The van der Waals surface area contributed by atoms with E-state index in [-0.39, 0.29) is 29.6 Å². The van der Waals surface area contributed by atoms with Gasteiger partial charge in [-0.1, -0.05) is 31.4 Å². The fourth-order valence-corrected chi connectivity index (χ4v) is 3.21. The van der Waals surface area contributed by atoms with Crippen molar-refractivity contribution < 1.29 is 23.9 Å². The Balaban J connectivity index is 1.51. The van der Waals surface area contributed by atoms with Gasteiger partial charge in [0.05, 0.1) is 11.3 Å². The van der Waals surface area contributed by atoms with Crippen LogP contribution in [0.25, 0.3) is 0 Å². The number of hydrogen-bond donors (Lipinski definition) is 2. The van der Waals surface area contributed by atoms with Gasteiger partial charge in [0, 0.05) is 5.92 Å². The van der Waals surface area contributed by atoms with E-state index in [0.29, 0.717) is 0 Å². The van der Waals surface area contributed by atoms with Crippen LogP contribution in [0.1, 0.15) is 42.5 Å². The predicted octanol–water partition coefficient (Wildman–Crippen LogP) is 0.692. The van der Waals surface area contributed by atoms with Crippen molar-refractivity contribution in [3.05, 3.63) is 36.2 Å². The molecule has 3 amide bonds. The van der Waals surface area contributed by atoms with Gasteiger partial charge in [0.15, 0.2) is 6.61 Å². The summed E-state index contributed by atoms with van der Waals surface area (Å²) in [5.41, 5.74) is 0.299. The highest BCUT2D eigenvalue weighted by molar-refractivity contribution is 6.02. The molecule has 0 atom stereocenters. The molecule has 1 aromatic heterocycles. The van der Waals surface area contributed by atoms with Crippen LogP contribution < -0.4 is 10.6 Å². The molecule has 2 aromatic rings. The van der Waals surface area contributed by atoms with Crippen LogP contribution in [0, 0.1) is 5.92 Å². The summed E-state index contributed by atoms with van der Waals surface area (Å²) < 4.78 is 6.24. The predicted molar refractivity (Wildman–Crippen MR) is 103 cm³/mol. The summed E-state index contributed by atoms with van der Waals surface area (Å²) in [6.45, 7) is -0.730. The quantitative estimate of drug-likeness (QED) is 0.630. The number of esters is 1. The van der Waals surface area contributed by atoms with Gasteiger partial charge < -0.3 is 10.1 Å². The van der Waals surface area contributed by atoms with Crippen molar-refractivity contribution in [1.82, 2.24) is 25.5 Å². The van der Waals surface area contributed by atoms with Crippen LogP contribution in [0.2, 0.25) is 0 Å². The van der Waals surface area contributed by atoms with E-state index in [1.165, 1.54) is 23.1 Å². The molecule has 0 radical (unpaired) electrons. The summed E-state index contributed by atoms with van der Waals surface area (Å²) in [7, 11) is 0. The normalized spacial score (nSPS) is 14.0. The number of anilines is 1. The first-order valence-corrected chi connectivity index (χ1v) is 9.63. The molecule has 0 spiro atoms. The molecule has 158 valence electrons. The first-order valence-electron chi connectivity index (χ1n) is 9.63.